The van der Waals surface area contributed by atoms with Gasteiger partial charge < -0.3 is 14.9 Å². The van der Waals surface area contributed by atoms with Gasteiger partial charge >= 0.3 is 0 Å². The molecule has 1 aromatic carbocycles. The summed E-state index contributed by atoms with van der Waals surface area (Å²) in [5.74, 6) is 0.341. The van der Waals surface area contributed by atoms with Crippen molar-refractivity contribution < 1.29 is 4.79 Å². The van der Waals surface area contributed by atoms with Gasteiger partial charge in [0.05, 0.1) is 5.52 Å². The predicted octanol–water partition coefficient (Wildman–Crippen LogP) is 3.86. The van der Waals surface area contributed by atoms with Gasteiger partial charge in [-0.05, 0) is 49.1 Å². The molecule has 3 aromatic rings. The summed E-state index contributed by atoms with van der Waals surface area (Å²) >= 11 is 0. The average molecular weight is 337 g/mol. The Morgan fingerprint density at radius 2 is 1.92 bits per heavy atom. The van der Waals surface area contributed by atoms with Crippen molar-refractivity contribution in [2.45, 2.75) is 33.2 Å². The number of aromatic amines is 1. The average Bonchev–Trinajstić information content (AvgIpc) is 3.05. The second kappa shape index (κ2) is 6.97. The molecule has 0 saturated heterocycles. The molecule has 0 saturated carbocycles. The number of H-pyrrole nitrogens is 1. The molecule has 0 aliphatic rings. The monoisotopic (exact) mass is 337 g/mol. The highest BCUT2D eigenvalue weighted by Crippen LogP contribution is 2.23. The number of aromatic nitrogens is 2. The number of pyridine rings is 1. The summed E-state index contributed by atoms with van der Waals surface area (Å²) in [6.07, 6.45) is 4.58. The van der Waals surface area contributed by atoms with Crippen molar-refractivity contribution in [2.75, 3.05) is 5.32 Å². The summed E-state index contributed by atoms with van der Waals surface area (Å²) in [6, 6.07) is 10.8. The molecule has 1 unspecified atom stereocenters. The maximum Gasteiger partial charge on any atom is 0.248 e. The molecule has 2 N–H and O–H groups in total. The zero-order valence-electron chi connectivity index (χ0n) is 14.7. The smallest absolute Gasteiger partial charge is 0.248 e. The Hall–Kier alpha value is -2.82. The van der Waals surface area contributed by atoms with E-state index in [2.05, 4.69) is 24.1 Å². The zero-order valence-corrected chi connectivity index (χ0v) is 14.7. The Morgan fingerprint density at radius 3 is 2.60 bits per heavy atom. The number of hydrogen-bond acceptors (Lipinski definition) is 2. The highest BCUT2D eigenvalue weighted by atomic mass is 16.2. The number of carbonyl (C=O) groups is 1. The van der Waals surface area contributed by atoms with Gasteiger partial charge in [-0.2, -0.15) is 0 Å². The summed E-state index contributed by atoms with van der Waals surface area (Å²) < 4.78 is 1.93. The zero-order chi connectivity index (χ0) is 18.0. The highest BCUT2D eigenvalue weighted by molar-refractivity contribution is 5.96. The molecular formula is C20H23N3O2. The van der Waals surface area contributed by atoms with Gasteiger partial charge in [0, 0.05) is 29.5 Å². The minimum atomic E-state index is -0.262. The molecule has 2 heterocycles. The number of aryl methyl sites for hydroxylation is 1. The van der Waals surface area contributed by atoms with Gasteiger partial charge in [-0.15, -0.1) is 0 Å². The van der Waals surface area contributed by atoms with E-state index in [0.717, 1.165) is 22.9 Å². The lowest BCUT2D eigenvalue weighted by atomic mass is 10.0. The Kier molecular flexibility index (Phi) is 4.74. The quantitative estimate of drug-likeness (QED) is 0.742. The van der Waals surface area contributed by atoms with Crippen molar-refractivity contribution in [2.24, 2.45) is 5.92 Å². The van der Waals surface area contributed by atoms with E-state index in [-0.39, 0.29) is 17.5 Å². The summed E-state index contributed by atoms with van der Waals surface area (Å²) in [7, 11) is 0. The van der Waals surface area contributed by atoms with E-state index in [0.29, 0.717) is 11.6 Å². The lowest BCUT2D eigenvalue weighted by molar-refractivity contribution is -0.119. The fourth-order valence-corrected chi connectivity index (χ4v) is 3.10. The van der Waals surface area contributed by atoms with E-state index in [1.54, 1.807) is 6.07 Å². The lowest BCUT2D eigenvalue weighted by Crippen LogP contribution is -2.26. The number of benzene rings is 1. The van der Waals surface area contributed by atoms with Gasteiger partial charge in [0.2, 0.25) is 11.5 Å². The standard InChI is InChI=1S/C20H23N3O2/c1-13(2)10-18(23-8-4-5-9-23)20(25)21-15-6-7-16-14(3)11-19(24)22-17(16)12-15/h4-9,11-13,18H,10H2,1-3H3,(H,21,25)(H,22,24). The molecule has 2 aromatic heterocycles. The van der Waals surface area contributed by atoms with Crippen LogP contribution in [0.4, 0.5) is 5.69 Å². The van der Waals surface area contributed by atoms with Crippen LogP contribution in [-0.2, 0) is 4.79 Å². The number of rotatable bonds is 5. The number of carbonyl (C=O) groups excluding carboxylic acids is 1. The van der Waals surface area contributed by atoms with Crippen LogP contribution in [0.25, 0.3) is 10.9 Å². The molecule has 5 heteroatoms. The van der Waals surface area contributed by atoms with Crippen LogP contribution >= 0.6 is 0 Å². The molecule has 0 bridgehead atoms. The predicted molar refractivity (Wildman–Crippen MR) is 101 cm³/mol. The number of hydrogen-bond donors (Lipinski definition) is 2. The first-order chi connectivity index (χ1) is 11.9. The summed E-state index contributed by atoms with van der Waals surface area (Å²) in [4.78, 5) is 27.3. The molecule has 25 heavy (non-hydrogen) atoms. The summed E-state index contributed by atoms with van der Waals surface area (Å²) in [5, 5.41) is 3.96. The second-order valence-electron chi connectivity index (χ2n) is 6.84. The van der Waals surface area contributed by atoms with Crippen LogP contribution in [0.15, 0.2) is 53.6 Å². The van der Waals surface area contributed by atoms with E-state index in [1.807, 2.05) is 54.2 Å². The molecule has 0 aliphatic carbocycles. The fraction of sp³-hybridized carbons (Fsp3) is 0.300. The number of fused-ring (bicyclic) bond motifs is 1. The van der Waals surface area contributed by atoms with Crippen LogP contribution in [0, 0.1) is 12.8 Å². The number of anilines is 1. The van der Waals surface area contributed by atoms with Crippen molar-refractivity contribution in [1.29, 1.82) is 0 Å². The number of nitrogens with zero attached hydrogens (tertiary/aromatic N) is 1. The Morgan fingerprint density at radius 1 is 1.20 bits per heavy atom. The normalized spacial score (nSPS) is 12.5. The maximum absolute atomic E-state index is 12.8. The highest BCUT2D eigenvalue weighted by Gasteiger charge is 2.21. The third kappa shape index (κ3) is 3.82. The van der Waals surface area contributed by atoms with Gasteiger partial charge in [0.15, 0.2) is 0 Å². The fourth-order valence-electron chi connectivity index (χ4n) is 3.10. The van der Waals surface area contributed by atoms with E-state index >= 15 is 0 Å². The first-order valence-corrected chi connectivity index (χ1v) is 8.51. The molecule has 0 fully saturated rings. The molecule has 0 spiro atoms. The van der Waals surface area contributed by atoms with Crippen LogP contribution in [-0.4, -0.2) is 15.5 Å². The van der Waals surface area contributed by atoms with E-state index in [9.17, 15) is 9.59 Å². The van der Waals surface area contributed by atoms with E-state index in [1.165, 1.54) is 0 Å². The molecule has 5 nitrogen and oxygen atoms in total. The first kappa shape index (κ1) is 17.0. The molecule has 3 rings (SSSR count). The number of nitrogens with one attached hydrogen (secondary N) is 2. The molecule has 130 valence electrons. The number of amides is 1. The molecular weight excluding hydrogens is 314 g/mol. The first-order valence-electron chi connectivity index (χ1n) is 8.51. The minimum Gasteiger partial charge on any atom is -0.342 e. The van der Waals surface area contributed by atoms with Crippen LogP contribution in [0.2, 0.25) is 0 Å². The van der Waals surface area contributed by atoms with Crippen LogP contribution in [0.3, 0.4) is 0 Å². The topological polar surface area (TPSA) is 66.9 Å². The largest absolute Gasteiger partial charge is 0.342 e. The van der Waals surface area contributed by atoms with Crippen LogP contribution in [0.5, 0.6) is 0 Å². The molecule has 1 amide bonds. The Bertz CT molecular complexity index is 939. The van der Waals surface area contributed by atoms with Crippen LogP contribution < -0.4 is 10.9 Å². The third-order valence-corrected chi connectivity index (χ3v) is 4.30. The van der Waals surface area contributed by atoms with Gasteiger partial charge in [-0.25, -0.2) is 0 Å². The Labute approximate surface area is 146 Å². The minimum absolute atomic E-state index is 0.0562. The third-order valence-electron chi connectivity index (χ3n) is 4.30. The molecule has 0 aliphatic heterocycles. The van der Waals surface area contributed by atoms with Gasteiger partial charge in [-0.3, -0.25) is 9.59 Å². The molecule has 1 atom stereocenters. The SMILES string of the molecule is Cc1cc(=O)[nH]c2cc(NC(=O)C(CC(C)C)n3cccc3)ccc12. The lowest BCUT2D eigenvalue weighted by Gasteiger charge is -2.20. The van der Waals surface area contributed by atoms with Crippen LogP contribution in [0.1, 0.15) is 31.9 Å². The second-order valence-corrected chi connectivity index (χ2v) is 6.84. The summed E-state index contributed by atoms with van der Waals surface area (Å²) in [5.41, 5.74) is 2.18. The van der Waals surface area contributed by atoms with Gasteiger partial charge in [-0.1, -0.05) is 19.9 Å². The summed E-state index contributed by atoms with van der Waals surface area (Å²) in [6.45, 7) is 6.11. The van der Waals surface area contributed by atoms with Gasteiger partial charge in [0.1, 0.15) is 6.04 Å². The van der Waals surface area contributed by atoms with Crippen molar-refractivity contribution in [3.05, 3.63) is 64.7 Å². The van der Waals surface area contributed by atoms with Crippen molar-refractivity contribution >= 4 is 22.5 Å². The molecule has 0 radical (unpaired) electrons. The van der Waals surface area contributed by atoms with Gasteiger partial charge in [0.25, 0.3) is 0 Å². The van der Waals surface area contributed by atoms with E-state index in [4.69, 9.17) is 0 Å². The van der Waals surface area contributed by atoms with Crippen molar-refractivity contribution in [3.63, 3.8) is 0 Å². The Balaban J connectivity index is 1.88. The van der Waals surface area contributed by atoms with Crippen molar-refractivity contribution in [1.82, 2.24) is 9.55 Å². The maximum atomic E-state index is 12.8. The van der Waals surface area contributed by atoms with Crippen molar-refractivity contribution in [3.8, 4) is 0 Å². The van der Waals surface area contributed by atoms with E-state index < -0.39 is 0 Å².